The van der Waals surface area contributed by atoms with Crippen molar-refractivity contribution in [3.63, 3.8) is 0 Å². The Bertz CT molecular complexity index is 1380. The summed E-state index contributed by atoms with van der Waals surface area (Å²) in [6, 6.07) is 11.0. The van der Waals surface area contributed by atoms with Gasteiger partial charge in [-0.3, -0.25) is 9.69 Å². The van der Waals surface area contributed by atoms with Crippen LogP contribution in [0.15, 0.2) is 36.4 Å². The van der Waals surface area contributed by atoms with Crippen LogP contribution in [0.4, 0.5) is 0 Å². The van der Waals surface area contributed by atoms with Gasteiger partial charge in [0.1, 0.15) is 0 Å². The van der Waals surface area contributed by atoms with Gasteiger partial charge in [0, 0.05) is 62.6 Å². The lowest BCUT2D eigenvalue weighted by atomic mass is 9.35. The van der Waals surface area contributed by atoms with E-state index in [1.807, 2.05) is 4.52 Å². The number of methoxy groups -OCH3 is 1. The monoisotopic (exact) mass is 527 g/mol. The SMILES string of the molecule is CCc1nn2c(C)cc(C)nc2c1Cc1ccc(/C=C/CN2CCN(CC34CC(C(=O)OC)(C3)C4)CC2)cc1. The molecule has 1 aromatic carbocycles. The molecule has 7 nitrogen and oxygen atoms in total. The first-order valence-corrected chi connectivity index (χ1v) is 14.5. The number of rotatable bonds is 9. The molecule has 7 heteroatoms. The van der Waals surface area contributed by atoms with Crippen molar-refractivity contribution in [2.24, 2.45) is 10.8 Å². The summed E-state index contributed by atoms with van der Waals surface area (Å²) >= 11 is 0. The van der Waals surface area contributed by atoms with Crippen molar-refractivity contribution in [3.8, 4) is 0 Å². The fourth-order valence-corrected chi connectivity index (χ4v) is 7.37. The largest absolute Gasteiger partial charge is 0.469 e. The van der Waals surface area contributed by atoms with E-state index in [9.17, 15) is 4.79 Å². The lowest BCUT2D eigenvalue weighted by molar-refractivity contribution is -0.231. The van der Waals surface area contributed by atoms with Gasteiger partial charge in [-0.2, -0.15) is 5.10 Å². The predicted molar refractivity (Wildman–Crippen MR) is 154 cm³/mol. The van der Waals surface area contributed by atoms with Gasteiger partial charge >= 0.3 is 5.97 Å². The van der Waals surface area contributed by atoms with E-state index in [1.165, 1.54) is 23.8 Å². The van der Waals surface area contributed by atoms with Crippen LogP contribution in [-0.4, -0.2) is 76.7 Å². The summed E-state index contributed by atoms with van der Waals surface area (Å²) in [6.07, 6.45) is 9.38. The lowest BCUT2D eigenvalue weighted by Gasteiger charge is -2.69. The Balaban J connectivity index is 0.985. The zero-order valence-corrected chi connectivity index (χ0v) is 23.9. The minimum absolute atomic E-state index is 0.00993. The molecule has 0 amide bonds. The number of hydrogen-bond acceptors (Lipinski definition) is 6. The molecular weight excluding hydrogens is 486 g/mol. The molecule has 206 valence electrons. The molecule has 4 aliphatic rings. The summed E-state index contributed by atoms with van der Waals surface area (Å²) in [5.74, 6) is 0.00993. The molecule has 3 heterocycles. The molecule has 0 radical (unpaired) electrons. The normalized spacial score (nSPS) is 25.1. The van der Waals surface area contributed by atoms with Crippen LogP contribution in [0.2, 0.25) is 0 Å². The molecule has 0 N–H and O–H groups in total. The Hall–Kier alpha value is -3.03. The second kappa shape index (κ2) is 10.2. The lowest BCUT2D eigenvalue weighted by Crippen LogP contribution is -2.69. The number of hydrogen-bond donors (Lipinski definition) is 0. The molecule has 4 fully saturated rings. The maximum absolute atomic E-state index is 11.9. The van der Waals surface area contributed by atoms with Gasteiger partial charge in [-0.05, 0) is 62.1 Å². The summed E-state index contributed by atoms with van der Waals surface area (Å²) in [4.78, 5) is 21.9. The maximum Gasteiger partial charge on any atom is 0.311 e. The van der Waals surface area contributed by atoms with Gasteiger partial charge < -0.3 is 9.64 Å². The summed E-state index contributed by atoms with van der Waals surface area (Å²) in [5, 5.41) is 4.83. The van der Waals surface area contributed by atoms with Crippen LogP contribution in [0.25, 0.3) is 11.7 Å². The van der Waals surface area contributed by atoms with Crippen LogP contribution in [0.3, 0.4) is 0 Å². The molecule has 39 heavy (non-hydrogen) atoms. The Morgan fingerprint density at radius 1 is 1.05 bits per heavy atom. The van der Waals surface area contributed by atoms with Crippen molar-refractivity contribution in [2.45, 2.75) is 52.9 Å². The molecule has 2 aromatic heterocycles. The molecule has 7 rings (SSSR count). The Morgan fingerprint density at radius 2 is 1.74 bits per heavy atom. The number of aryl methyl sites for hydroxylation is 3. The summed E-state index contributed by atoms with van der Waals surface area (Å²) in [5.41, 5.74) is 8.32. The van der Waals surface area contributed by atoms with Crippen LogP contribution in [0.5, 0.6) is 0 Å². The molecule has 1 aliphatic heterocycles. The minimum atomic E-state index is -0.123. The van der Waals surface area contributed by atoms with Gasteiger partial charge in [-0.25, -0.2) is 9.50 Å². The van der Waals surface area contributed by atoms with Crippen molar-refractivity contribution in [3.05, 3.63) is 70.2 Å². The van der Waals surface area contributed by atoms with Crippen molar-refractivity contribution < 1.29 is 9.53 Å². The first-order chi connectivity index (χ1) is 18.8. The molecular formula is C32H41N5O2. The first kappa shape index (κ1) is 26.2. The van der Waals surface area contributed by atoms with Gasteiger partial charge in [0.2, 0.25) is 0 Å². The second-order valence-electron chi connectivity index (χ2n) is 12.3. The van der Waals surface area contributed by atoms with Crippen molar-refractivity contribution >= 4 is 17.7 Å². The standard InChI is InChI=1S/C32H41N5O2/c1-5-28-27(29-33-23(2)17-24(3)37(29)34-28)18-26-10-8-25(9-11-26)7-6-12-35-13-15-36(16-14-35)22-31-19-32(20-31,21-31)30(38)39-4/h6-11,17H,5,12-16,18-22H2,1-4H3/b7-6+. The number of carbonyl (C=O) groups excluding carboxylic acids is 1. The molecule has 0 unspecified atom stereocenters. The number of nitrogens with zero attached hydrogens (tertiary/aromatic N) is 5. The van der Waals surface area contributed by atoms with Gasteiger partial charge in [0.05, 0.1) is 18.2 Å². The van der Waals surface area contributed by atoms with Gasteiger partial charge in [-0.15, -0.1) is 0 Å². The van der Waals surface area contributed by atoms with E-state index in [2.05, 4.69) is 73.1 Å². The number of aromatic nitrogens is 3. The van der Waals surface area contributed by atoms with Crippen molar-refractivity contribution in [1.82, 2.24) is 24.4 Å². The second-order valence-corrected chi connectivity index (χ2v) is 12.3. The van der Waals surface area contributed by atoms with E-state index in [4.69, 9.17) is 14.8 Å². The minimum Gasteiger partial charge on any atom is -0.469 e. The van der Waals surface area contributed by atoms with Crippen LogP contribution < -0.4 is 0 Å². The number of ether oxygens (including phenoxy) is 1. The predicted octanol–water partition coefficient (Wildman–Crippen LogP) is 4.47. The summed E-state index contributed by atoms with van der Waals surface area (Å²) in [7, 11) is 1.52. The molecule has 3 aliphatic carbocycles. The van der Waals surface area contributed by atoms with E-state index in [0.29, 0.717) is 5.41 Å². The highest BCUT2D eigenvalue weighted by Crippen LogP contribution is 2.73. The molecule has 3 aromatic rings. The van der Waals surface area contributed by atoms with E-state index in [0.717, 1.165) is 94.1 Å². The number of carbonyl (C=O) groups is 1. The number of piperazine rings is 1. The third-order valence-electron chi connectivity index (χ3n) is 9.23. The zero-order chi connectivity index (χ0) is 27.2. The summed E-state index contributed by atoms with van der Waals surface area (Å²) < 4.78 is 6.99. The highest BCUT2D eigenvalue weighted by molar-refractivity contribution is 5.81. The molecule has 0 spiro atoms. The Labute approximate surface area is 231 Å². The van der Waals surface area contributed by atoms with Crippen LogP contribution >= 0.6 is 0 Å². The number of benzene rings is 1. The molecule has 0 atom stereocenters. The van der Waals surface area contributed by atoms with E-state index < -0.39 is 0 Å². The fourth-order valence-electron chi connectivity index (χ4n) is 7.37. The van der Waals surface area contributed by atoms with Gasteiger partial charge in [0.25, 0.3) is 0 Å². The summed E-state index contributed by atoms with van der Waals surface area (Å²) in [6.45, 7) is 12.9. The van der Waals surface area contributed by atoms with Crippen LogP contribution in [-0.2, 0) is 22.4 Å². The van der Waals surface area contributed by atoms with Crippen molar-refractivity contribution in [2.75, 3.05) is 46.4 Å². The van der Waals surface area contributed by atoms with Gasteiger partial charge in [-0.1, -0.05) is 43.3 Å². The number of esters is 1. The fraction of sp³-hybridized carbons (Fsp3) is 0.531. The van der Waals surface area contributed by atoms with Crippen molar-refractivity contribution in [1.29, 1.82) is 0 Å². The smallest absolute Gasteiger partial charge is 0.311 e. The molecule has 3 saturated carbocycles. The zero-order valence-electron chi connectivity index (χ0n) is 23.9. The maximum atomic E-state index is 11.9. The Morgan fingerprint density at radius 3 is 2.41 bits per heavy atom. The number of fused-ring (bicyclic) bond motifs is 1. The van der Waals surface area contributed by atoms with Crippen LogP contribution in [0.1, 0.15) is 60.0 Å². The first-order valence-electron chi connectivity index (χ1n) is 14.5. The quantitative estimate of drug-likeness (QED) is 0.383. The Kier molecular flexibility index (Phi) is 6.84. The average molecular weight is 528 g/mol. The highest BCUT2D eigenvalue weighted by atomic mass is 16.5. The highest BCUT2D eigenvalue weighted by Gasteiger charge is 2.72. The molecule has 1 saturated heterocycles. The van der Waals surface area contributed by atoms with E-state index in [-0.39, 0.29) is 11.4 Å². The van der Waals surface area contributed by atoms with Gasteiger partial charge in [0.15, 0.2) is 5.65 Å². The van der Waals surface area contributed by atoms with E-state index in [1.54, 1.807) is 0 Å². The average Bonchev–Trinajstić information content (AvgIpc) is 3.24. The van der Waals surface area contributed by atoms with Crippen LogP contribution in [0, 0.1) is 24.7 Å². The third-order valence-corrected chi connectivity index (χ3v) is 9.23. The van der Waals surface area contributed by atoms with E-state index >= 15 is 0 Å². The topological polar surface area (TPSA) is 63.0 Å². The third kappa shape index (κ3) is 4.91. The molecule has 2 bridgehead atoms.